The Bertz CT molecular complexity index is 2590. The third kappa shape index (κ3) is 21.0. The lowest BCUT2D eigenvalue weighted by Crippen LogP contribution is -2.59. The van der Waals surface area contributed by atoms with Crippen molar-refractivity contribution < 1.29 is 57.8 Å². The van der Waals surface area contributed by atoms with Crippen LogP contribution in [0.1, 0.15) is 118 Å². The van der Waals surface area contributed by atoms with E-state index in [-0.39, 0.29) is 68.0 Å². The van der Waals surface area contributed by atoms with Crippen LogP contribution >= 0.6 is 11.8 Å². The number of hydrogen-bond donors (Lipinski definition) is 2. The number of hydrogen-bond acceptors (Lipinski definition) is 13. The molecule has 0 aliphatic carbocycles. The van der Waals surface area contributed by atoms with Gasteiger partial charge in [-0.1, -0.05) is 88.4 Å². The molecule has 2 aliphatic rings. The van der Waals surface area contributed by atoms with Crippen molar-refractivity contribution in [3.8, 4) is 0 Å². The number of likely N-dealkylation sites (N-methyl/N-ethyl adjacent to an activating group) is 6. The minimum Gasteiger partial charge on any atom is -0.393 e. The number of ether oxygens (including phenoxy) is 1. The smallest absolute Gasteiger partial charge is 0.246 e. The van der Waals surface area contributed by atoms with Gasteiger partial charge in [0.1, 0.15) is 30.2 Å². The van der Waals surface area contributed by atoms with E-state index < -0.39 is 126 Å². The molecule has 21 heteroatoms. The van der Waals surface area contributed by atoms with Crippen LogP contribution in [0, 0.1) is 23.7 Å². The van der Waals surface area contributed by atoms with Crippen LogP contribution in [0.4, 0.5) is 0 Å². The zero-order chi connectivity index (χ0) is 63.6. The molecule has 0 spiro atoms. The maximum Gasteiger partial charge on any atom is 0.246 e. The zero-order valence-corrected chi connectivity index (χ0v) is 54.0. The minimum atomic E-state index is -1.39. The lowest BCUT2D eigenvalue weighted by Gasteiger charge is -2.38. The molecule has 0 unspecified atom stereocenters. The van der Waals surface area contributed by atoms with Crippen molar-refractivity contribution in [1.29, 1.82) is 0 Å². The van der Waals surface area contributed by atoms with Crippen LogP contribution in [0.5, 0.6) is 0 Å². The average molecular weight is 1200 g/mol. The van der Waals surface area contributed by atoms with Crippen LogP contribution in [0.25, 0.3) is 0 Å². The SMILES string of the molecule is CC(C)C[C@H]1C(=O)N[C@@H](COC(C)(C)C)C(=O)C[C@H](C(=O)N2CCCCC2)CSCC(=O)N(C)[C@@H](Cc2ccccc2)C(=O)N(C)[C@@H](C)C(=O)N(C)[C@@H](Cc2ccccc2)C(=O)N(C)[C@@H](CC(C)C)C(=O)C[C@@H]([C@@H](C)O)C(=O)N(C)CC(=O)N1C. The van der Waals surface area contributed by atoms with Gasteiger partial charge in [-0.05, 0) is 89.7 Å². The van der Waals surface area contributed by atoms with Gasteiger partial charge in [-0.2, -0.15) is 11.8 Å². The van der Waals surface area contributed by atoms with Gasteiger partial charge in [0.2, 0.25) is 47.3 Å². The molecule has 2 N–H and O–H groups in total. The summed E-state index contributed by atoms with van der Waals surface area (Å²) in [5.41, 5.74) is 0.690. The number of nitrogens with one attached hydrogen (secondary N) is 1. The van der Waals surface area contributed by atoms with Crippen LogP contribution in [-0.2, 0) is 65.5 Å². The number of Topliss-reactive ketones (excluding diaryl/α,β-unsaturated/α-hetero) is 2. The molecular formula is C64H98N8O12S. The molecule has 20 nitrogen and oxygen atoms in total. The molecule has 2 aromatic carbocycles. The second-order valence-corrected chi connectivity index (χ2v) is 26.2. The van der Waals surface area contributed by atoms with Crippen LogP contribution in [0.3, 0.4) is 0 Å². The van der Waals surface area contributed by atoms with Crippen molar-refractivity contribution in [3.05, 3.63) is 71.8 Å². The summed E-state index contributed by atoms with van der Waals surface area (Å²) in [6, 6.07) is 11.1. The van der Waals surface area contributed by atoms with Gasteiger partial charge in [-0.15, -0.1) is 0 Å². The summed E-state index contributed by atoms with van der Waals surface area (Å²) in [5.74, 6) is -8.27. The first-order chi connectivity index (χ1) is 39.8. The molecule has 2 saturated heterocycles. The number of benzene rings is 2. The van der Waals surface area contributed by atoms with Crippen molar-refractivity contribution in [3.63, 3.8) is 0 Å². The Balaban J connectivity index is 1.88. The van der Waals surface area contributed by atoms with Crippen molar-refractivity contribution in [2.75, 3.05) is 80.0 Å². The quantitative estimate of drug-likeness (QED) is 0.292. The second-order valence-electron chi connectivity index (χ2n) is 25.2. The maximum atomic E-state index is 15.2. The molecule has 2 aromatic rings. The highest BCUT2D eigenvalue weighted by molar-refractivity contribution is 7.99. The van der Waals surface area contributed by atoms with Gasteiger partial charge in [0.15, 0.2) is 11.6 Å². The highest BCUT2D eigenvalue weighted by atomic mass is 32.2. The highest BCUT2D eigenvalue weighted by Crippen LogP contribution is 2.26. The number of thioether (sulfide) groups is 1. The van der Waals surface area contributed by atoms with Gasteiger partial charge < -0.3 is 49.5 Å². The number of carbonyl (C=O) groups is 10. The maximum absolute atomic E-state index is 15.2. The molecule has 0 saturated carbocycles. The Morgan fingerprint density at radius 1 is 0.624 bits per heavy atom. The first-order valence-corrected chi connectivity index (χ1v) is 31.2. The number of aliphatic hydroxyl groups excluding tert-OH is 1. The summed E-state index contributed by atoms with van der Waals surface area (Å²) in [6.45, 7) is 16.0. The molecule has 8 amide bonds. The lowest BCUT2D eigenvalue weighted by molar-refractivity contribution is -0.153. The molecule has 9 atom stereocenters. The van der Waals surface area contributed by atoms with E-state index in [0.29, 0.717) is 18.7 Å². The van der Waals surface area contributed by atoms with Gasteiger partial charge in [-0.3, -0.25) is 47.9 Å². The number of aliphatic hydroxyl groups is 1. The number of rotatable bonds is 12. The topological polar surface area (TPSA) is 235 Å². The van der Waals surface area contributed by atoms with E-state index in [1.807, 2.05) is 76.2 Å². The fourth-order valence-corrected chi connectivity index (χ4v) is 11.8. The molecule has 2 aliphatic heterocycles. The van der Waals surface area contributed by atoms with E-state index >= 15 is 4.79 Å². The molecule has 4 rings (SSSR count). The standard InChI is InChI=1S/C64H98N8O12S/c1-41(2)31-50-55(75)36-48(44(6)73)61(81)66(10)37-56(76)68(12)51(32-42(3)4)58(78)65-49(38-84-64(7,8)9)54(74)35-47(60(80)72-29-23-18-24-30-72)39-85-40-57(77)69(13)52(33-45-25-19-16-20-26-45)62(82)67(11)43(5)59(79)71(15)53(63(83)70(50)14)34-46-27-21-17-22-28-46/h16-17,19-22,25-28,41-44,47-53,73H,18,23-24,29-40H2,1-15H3,(H,65,78)/t43-,44+,47-,48-,49-,50-,51-,52-,53-/m0/s1. The van der Waals surface area contributed by atoms with E-state index in [9.17, 15) is 48.3 Å². The fourth-order valence-electron chi connectivity index (χ4n) is 10.7. The first kappa shape index (κ1) is 71.3. The summed E-state index contributed by atoms with van der Waals surface area (Å²) in [6.07, 6.45) is 0.691. The molecule has 0 aromatic heterocycles. The molecule has 2 heterocycles. The summed E-state index contributed by atoms with van der Waals surface area (Å²) in [4.78, 5) is 156. The Labute approximate surface area is 509 Å². The molecule has 0 radical (unpaired) electrons. The molecule has 85 heavy (non-hydrogen) atoms. The highest BCUT2D eigenvalue weighted by Gasteiger charge is 2.42. The summed E-state index contributed by atoms with van der Waals surface area (Å²) >= 11 is 1.14. The molecule has 472 valence electrons. The fraction of sp³-hybridized carbons (Fsp3) is 0.656. The van der Waals surface area contributed by atoms with Crippen LogP contribution in [0.15, 0.2) is 60.7 Å². The third-order valence-electron chi connectivity index (χ3n) is 16.3. The number of ketones is 2. The van der Waals surface area contributed by atoms with Crippen molar-refractivity contribution in [1.82, 2.24) is 39.6 Å². The largest absolute Gasteiger partial charge is 0.393 e. The van der Waals surface area contributed by atoms with Crippen LogP contribution < -0.4 is 5.32 Å². The normalized spacial score (nSPS) is 25.3. The van der Waals surface area contributed by atoms with E-state index in [1.54, 1.807) is 44.7 Å². The molecular weight excluding hydrogens is 1100 g/mol. The molecule has 0 bridgehead atoms. The van der Waals surface area contributed by atoms with Gasteiger partial charge in [0, 0.05) is 86.8 Å². The number of nitrogens with zero attached hydrogens (tertiary/aromatic N) is 7. The van der Waals surface area contributed by atoms with Crippen LogP contribution in [0.2, 0.25) is 0 Å². The Morgan fingerprint density at radius 3 is 1.64 bits per heavy atom. The summed E-state index contributed by atoms with van der Waals surface area (Å²) in [5, 5.41) is 14.1. The number of likely N-dealkylation sites (tertiary alicyclic amines) is 1. The van der Waals surface area contributed by atoms with E-state index in [4.69, 9.17) is 4.74 Å². The predicted molar refractivity (Wildman–Crippen MR) is 329 cm³/mol. The van der Waals surface area contributed by atoms with Gasteiger partial charge in [0.25, 0.3) is 0 Å². The van der Waals surface area contributed by atoms with E-state index in [0.717, 1.165) is 41.5 Å². The Morgan fingerprint density at radius 2 is 1.12 bits per heavy atom. The zero-order valence-electron chi connectivity index (χ0n) is 53.2. The van der Waals surface area contributed by atoms with Gasteiger partial charge in [-0.25, -0.2) is 0 Å². The van der Waals surface area contributed by atoms with E-state index in [2.05, 4.69) is 5.32 Å². The van der Waals surface area contributed by atoms with Crippen LogP contribution in [-0.4, -0.2) is 226 Å². The van der Waals surface area contributed by atoms with Crippen molar-refractivity contribution in [2.24, 2.45) is 23.7 Å². The third-order valence-corrected chi connectivity index (χ3v) is 17.4. The number of carbonyl (C=O) groups excluding carboxylic acids is 10. The van der Waals surface area contributed by atoms with Gasteiger partial charge in [0.05, 0.1) is 48.5 Å². The second kappa shape index (κ2) is 33.1. The van der Waals surface area contributed by atoms with Crippen molar-refractivity contribution in [2.45, 2.75) is 168 Å². The molecule has 2 fully saturated rings. The van der Waals surface area contributed by atoms with Gasteiger partial charge >= 0.3 is 0 Å². The number of piperidine rings is 1. The summed E-state index contributed by atoms with van der Waals surface area (Å²) in [7, 11) is 8.71. The summed E-state index contributed by atoms with van der Waals surface area (Å²) < 4.78 is 6.12. The monoisotopic (exact) mass is 1200 g/mol. The van der Waals surface area contributed by atoms with Crippen molar-refractivity contribution >= 4 is 70.6 Å². The average Bonchev–Trinajstić information content (AvgIpc) is 3.12. The lowest BCUT2D eigenvalue weighted by atomic mass is 9.89. The first-order valence-electron chi connectivity index (χ1n) is 30.0. The predicted octanol–water partition coefficient (Wildman–Crippen LogP) is 4.77. The van der Waals surface area contributed by atoms with E-state index in [1.165, 1.54) is 73.7 Å². The Kier molecular flexibility index (Phi) is 27.7. The number of amides is 8. The Hall–Kier alpha value is -6.19. The minimum absolute atomic E-state index is 0.0251.